The Morgan fingerprint density at radius 1 is 0.772 bits per heavy atom. The molecule has 0 aliphatic carbocycles. The van der Waals surface area contributed by atoms with Crippen LogP contribution in [0.4, 0.5) is 11.4 Å². The van der Waals surface area contributed by atoms with Crippen LogP contribution in [0.3, 0.4) is 0 Å². The third-order valence-electron chi connectivity index (χ3n) is 9.81. The molecule has 0 saturated carbocycles. The lowest BCUT2D eigenvalue weighted by atomic mass is 10.1. The number of nitrogens with two attached hydrogens (primary N) is 1. The van der Waals surface area contributed by atoms with Crippen molar-refractivity contribution in [3.05, 3.63) is 205 Å². The summed E-state index contributed by atoms with van der Waals surface area (Å²) in [6, 6.07) is 49.4. The SMILES string of the molecule is C=C/C=C\C(=C/C)C(N)=NC(=NCc1ccccc1)c1nc(-c2cccc(-n3c4ccccc4c4ccc(Nc5ccccc5)c(C=C)c43)c2)nc2ccccc12. The molecule has 0 amide bonds. The Morgan fingerprint density at radius 2 is 1.51 bits per heavy atom. The number of nitrogens with one attached hydrogen (secondary N) is 1. The molecular weight excluding hydrogens is 699 g/mol. The van der Waals surface area contributed by atoms with Crippen LogP contribution in [-0.2, 0) is 6.54 Å². The van der Waals surface area contributed by atoms with Crippen LogP contribution < -0.4 is 11.1 Å². The van der Waals surface area contributed by atoms with Crippen molar-refractivity contribution in [2.75, 3.05) is 5.32 Å². The summed E-state index contributed by atoms with van der Waals surface area (Å²) in [4.78, 5) is 20.3. The summed E-state index contributed by atoms with van der Waals surface area (Å²) in [5, 5.41) is 6.72. The van der Waals surface area contributed by atoms with Gasteiger partial charge in [0.1, 0.15) is 11.5 Å². The van der Waals surface area contributed by atoms with E-state index in [9.17, 15) is 0 Å². The zero-order valence-corrected chi connectivity index (χ0v) is 31.7. The van der Waals surface area contributed by atoms with Gasteiger partial charge in [-0.3, -0.25) is 4.99 Å². The third-order valence-corrected chi connectivity index (χ3v) is 9.81. The number of allylic oxidation sites excluding steroid dienone is 3. The molecule has 0 aliphatic rings. The predicted molar refractivity (Wildman–Crippen MR) is 241 cm³/mol. The predicted octanol–water partition coefficient (Wildman–Crippen LogP) is 11.8. The molecule has 2 heterocycles. The van der Waals surface area contributed by atoms with Crippen LogP contribution in [0.2, 0.25) is 0 Å². The van der Waals surface area contributed by atoms with Crippen molar-refractivity contribution in [2.24, 2.45) is 15.7 Å². The highest BCUT2D eigenvalue weighted by Crippen LogP contribution is 2.39. The van der Waals surface area contributed by atoms with Gasteiger partial charge in [-0.05, 0) is 55.0 Å². The maximum absolute atomic E-state index is 6.67. The topological polar surface area (TPSA) is 93.5 Å². The van der Waals surface area contributed by atoms with Gasteiger partial charge < -0.3 is 15.6 Å². The number of para-hydroxylation sites is 3. The van der Waals surface area contributed by atoms with Crippen LogP contribution in [0.5, 0.6) is 0 Å². The fourth-order valence-corrected chi connectivity index (χ4v) is 7.10. The highest BCUT2D eigenvalue weighted by molar-refractivity contribution is 6.16. The van der Waals surface area contributed by atoms with E-state index in [1.807, 2.05) is 116 Å². The van der Waals surface area contributed by atoms with Crippen molar-refractivity contribution in [3.63, 3.8) is 0 Å². The van der Waals surface area contributed by atoms with Gasteiger partial charge in [-0.1, -0.05) is 147 Å². The van der Waals surface area contributed by atoms with Crippen LogP contribution >= 0.6 is 0 Å². The van der Waals surface area contributed by atoms with Crippen molar-refractivity contribution < 1.29 is 0 Å². The molecule has 0 radical (unpaired) electrons. The summed E-state index contributed by atoms with van der Waals surface area (Å²) in [5.74, 6) is 1.27. The number of hydrogen-bond donors (Lipinski definition) is 2. The van der Waals surface area contributed by atoms with Crippen LogP contribution in [0.15, 0.2) is 199 Å². The lowest BCUT2D eigenvalue weighted by Gasteiger charge is -2.15. The van der Waals surface area contributed by atoms with Crippen LogP contribution in [0, 0.1) is 0 Å². The van der Waals surface area contributed by atoms with E-state index in [0.717, 1.165) is 72.0 Å². The van der Waals surface area contributed by atoms with Gasteiger partial charge in [0, 0.05) is 49.9 Å². The Labute approximate surface area is 332 Å². The molecule has 6 aromatic carbocycles. The van der Waals surface area contributed by atoms with E-state index in [4.69, 9.17) is 25.7 Å². The summed E-state index contributed by atoms with van der Waals surface area (Å²) >= 11 is 0. The Morgan fingerprint density at radius 3 is 2.28 bits per heavy atom. The summed E-state index contributed by atoms with van der Waals surface area (Å²) in [7, 11) is 0. The van der Waals surface area contributed by atoms with Gasteiger partial charge >= 0.3 is 0 Å². The Hall–Kier alpha value is -7.64. The smallest absolute Gasteiger partial charge is 0.176 e. The van der Waals surface area contributed by atoms with Gasteiger partial charge in [0.15, 0.2) is 11.7 Å². The number of fused-ring (bicyclic) bond motifs is 4. The molecule has 7 heteroatoms. The standard InChI is InChI=1S/C50H41N7/c1-4-7-21-35(5-2)48(51)56-50(52-33-34-19-10-8-11-20-34)46-42-27-14-16-28-43(42)54-49(55-46)36-22-18-25-38(32-36)57-45-29-17-15-26-40(45)41-30-31-44(39(6-3)47(41)57)53-37-23-12-9-13-24-37/h4-32,53H,1,3,33H2,2H3,(H2,51,52,56)/b21-7-,35-5+. The normalized spacial score (nSPS) is 12.5. The first-order chi connectivity index (χ1) is 28.1. The maximum Gasteiger partial charge on any atom is 0.176 e. The Bertz CT molecular complexity index is 2900. The molecule has 0 atom stereocenters. The molecule has 3 N–H and O–H groups in total. The molecule has 0 spiro atoms. The molecule has 0 saturated heterocycles. The van der Waals surface area contributed by atoms with Crippen molar-refractivity contribution in [1.82, 2.24) is 14.5 Å². The average molecular weight is 740 g/mol. The number of aliphatic imine (C=N–C) groups is 2. The molecule has 0 fully saturated rings. The van der Waals surface area contributed by atoms with Crippen molar-refractivity contribution >= 4 is 61.8 Å². The van der Waals surface area contributed by atoms with E-state index >= 15 is 0 Å². The van der Waals surface area contributed by atoms with E-state index < -0.39 is 0 Å². The molecule has 0 aliphatic heterocycles. The number of hydrogen-bond acceptors (Lipinski definition) is 4. The van der Waals surface area contributed by atoms with Crippen LogP contribution in [0.25, 0.3) is 55.9 Å². The molecule has 276 valence electrons. The molecule has 8 rings (SSSR count). The minimum atomic E-state index is 0.319. The average Bonchev–Trinajstić information content (AvgIpc) is 3.60. The number of nitrogens with zero attached hydrogens (tertiary/aromatic N) is 5. The number of aromatic nitrogens is 3. The molecular formula is C50H41N7. The van der Waals surface area contributed by atoms with E-state index in [1.165, 1.54) is 0 Å². The van der Waals surface area contributed by atoms with Gasteiger partial charge in [0.05, 0.1) is 23.1 Å². The third kappa shape index (κ3) is 7.42. The van der Waals surface area contributed by atoms with Crippen molar-refractivity contribution in [2.45, 2.75) is 13.5 Å². The number of benzene rings is 6. The van der Waals surface area contributed by atoms with Gasteiger partial charge in [-0.15, -0.1) is 0 Å². The molecule has 2 aromatic heterocycles. The summed E-state index contributed by atoms with van der Waals surface area (Å²) in [6.45, 7) is 10.4. The second kappa shape index (κ2) is 16.4. The highest BCUT2D eigenvalue weighted by Gasteiger charge is 2.19. The van der Waals surface area contributed by atoms with Gasteiger partial charge in [-0.25, -0.2) is 15.0 Å². The largest absolute Gasteiger partial charge is 0.383 e. The summed E-state index contributed by atoms with van der Waals surface area (Å²) in [6.07, 6.45) is 9.26. The van der Waals surface area contributed by atoms with Crippen molar-refractivity contribution in [3.8, 4) is 17.1 Å². The number of anilines is 2. The second-order valence-corrected chi connectivity index (χ2v) is 13.4. The quantitative estimate of drug-likeness (QED) is 0.0784. The van der Waals surface area contributed by atoms with E-state index in [2.05, 4.69) is 83.7 Å². The first-order valence-corrected chi connectivity index (χ1v) is 18.8. The number of amidine groups is 2. The van der Waals surface area contributed by atoms with E-state index in [0.29, 0.717) is 29.7 Å². The molecule has 8 aromatic rings. The van der Waals surface area contributed by atoms with E-state index in [-0.39, 0.29) is 0 Å². The van der Waals surface area contributed by atoms with Gasteiger partial charge in [0.25, 0.3) is 0 Å². The fourth-order valence-electron chi connectivity index (χ4n) is 7.10. The molecule has 0 unspecified atom stereocenters. The Kier molecular flexibility index (Phi) is 10.4. The molecule has 0 bridgehead atoms. The fraction of sp³-hybridized carbons (Fsp3) is 0.0400. The van der Waals surface area contributed by atoms with Crippen LogP contribution in [-0.4, -0.2) is 26.2 Å². The van der Waals surface area contributed by atoms with Crippen molar-refractivity contribution in [1.29, 1.82) is 0 Å². The van der Waals surface area contributed by atoms with E-state index in [1.54, 1.807) is 6.08 Å². The zero-order valence-electron chi connectivity index (χ0n) is 31.7. The Balaban J connectivity index is 1.31. The minimum absolute atomic E-state index is 0.319. The summed E-state index contributed by atoms with van der Waals surface area (Å²) in [5.41, 5.74) is 16.7. The number of rotatable bonds is 11. The second-order valence-electron chi connectivity index (χ2n) is 13.4. The highest BCUT2D eigenvalue weighted by atomic mass is 15.0. The first kappa shape index (κ1) is 36.3. The zero-order chi connectivity index (χ0) is 39.1. The molecule has 57 heavy (non-hydrogen) atoms. The summed E-state index contributed by atoms with van der Waals surface area (Å²) < 4.78 is 2.30. The lowest BCUT2D eigenvalue weighted by molar-refractivity contribution is 1.05. The first-order valence-electron chi connectivity index (χ1n) is 18.8. The van der Waals surface area contributed by atoms with Crippen LogP contribution in [0.1, 0.15) is 23.7 Å². The van der Waals surface area contributed by atoms with Gasteiger partial charge in [0.2, 0.25) is 0 Å². The molecule has 7 nitrogen and oxygen atoms in total. The minimum Gasteiger partial charge on any atom is -0.383 e. The maximum atomic E-state index is 6.67. The lowest BCUT2D eigenvalue weighted by Crippen LogP contribution is -2.18. The van der Waals surface area contributed by atoms with Gasteiger partial charge in [-0.2, -0.15) is 0 Å². The monoisotopic (exact) mass is 739 g/mol.